The van der Waals surface area contributed by atoms with E-state index in [4.69, 9.17) is 33.2 Å². The van der Waals surface area contributed by atoms with Crippen molar-refractivity contribution < 1.29 is 72.8 Å². The molecule has 4 N–H and O–H groups in total. The summed E-state index contributed by atoms with van der Waals surface area (Å²) >= 11 is 0. The maximum absolute atomic E-state index is 12.9. The van der Waals surface area contributed by atoms with Crippen LogP contribution in [0, 0.1) is 11.8 Å². The highest BCUT2D eigenvalue weighted by Gasteiger charge is 2.62. The van der Waals surface area contributed by atoms with Crippen LogP contribution >= 0.6 is 0 Å². The zero-order valence-electron chi connectivity index (χ0n) is 28.3. The van der Waals surface area contributed by atoms with Crippen LogP contribution in [0.15, 0.2) is 0 Å². The number of rotatable bonds is 19. The van der Waals surface area contributed by atoms with Gasteiger partial charge in [-0.3, -0.25) is 19.2 Å². The molecule has 15 nitrogen and oxygen atoms in total. The largest absolute Gasteiger partial charge is 0.455 e. The predicted molar refractivity (Wildman–Crippen MR) is 162 cm³/mol. The lowest BCUT2D eigenvalue weighted by Gasteiger charge is -2.46. The van der Waals surface area contributed by atoms with Gasteiger partial charge < -0.3 is 53.6 Å². The van der Waals surface area contributed by atoms with Crippen molar-refractivity contribution in [3.8, 4) is 0 Å². The lowest BCUT2D eigenvalue weighted by atomic mass is 9.97. The van der Waals surface area contributed by atoms with Gasteiger partial charge in [-0.1, -0.05) is 73.1 Å². The van der Waals surface area contributed by atoms with Crippen LogP contribution in [-0.2, 0) is 52.3 Å². The van der Waals surface area contributed by atoms with Crippen LogP contribution in [0.4, 0.5) is 0 Å². The van der Waals surface area contributed by atoms with Crippen molar-refractivity contribution in [3.05, 3.63) is 0 Å². The van der Waals surface area contributed by atoms with Crippen LogP contribution in [0.2, 0.25) is 0 Å². The summed E-state index contributed by atoms with van der Waals surface area (Å²) in [5, 5.41) is 41.7. The van der Waals surface area contributed by atoms with Crippen LogP contribution in [-0.4, -0.2) is 119 Å². The molecular weight excluding hydrogens is 624 g/mol. The van der Waals surface area contributed by atoms with Crippen molar-refractivity contribution in [2.75, 3.05) is 19.8 Å². The Kier molecular flexibility index (Phi) is 17.0. The second-order valence-corrected chi connectivity index (χ2v) is 12.6. The van der Waals surface area contributed by atoms with Crippen molar-refractivity contribution in [1.29, 1.82) is 0 Å². The number of esters is 4. The van der Waals surface area contributed by atoms with E-state index in [0.29, 0.717) is 6.42 Å². The van der Waals surface area contributed by atoms with Crippen molar-refractivity contribution in [3.63, 3.8) is 0 Å². The number of hydrogen-bond donors (Lipinski definition) is 4. The molecule has 2 aliphatic rings. The Morgan fingerprint density at radius 1 is 0.745 bits per heavy atom. The summed E-state index contributed by atoms with van der Waals surface area (Å²) in [5.74, 6) is -6.77. The van der Waals surface area contributed by atoms with Gasteiger partial charge >= 0.3 is 23.9 Å². The molecule has 0 amide bonds. The molecule has 0 saturated carbocycles. The van der Waals surface area contributed by atoms with E-state index in [2.05, 4.69) is 6.92 Å². The fourth-order valence-corrected chi connectivity index (χ4v) is 5.29. The van der Waals surface area contributed by atoms with Crippen LogP contribution in [0.3, 0.4) is 0 Å². The van der Waals surface area contributed by atoms with Crippen LogP contribution in [0.1, 0.15) is 92.9 Å². The Bertz CT molecular complexity index is 1000. The molecule has 0 aromatic heterocycles. The van der Waals surface area contributed by atoms with Crippen LogP contribution in [0.25, 0.3) is 0 Å². The van der Waals surface area contributed by atoms with Gasteiger partial charge in [-0.2, -0.15) is 0 Å². The highest BCUT2D eigenvalue weighted by atomic mass is 16.8. The fraction of sp³-hybridized carbons (Fsp3) is 0.875. The Balaban J connectivity index is 2.41. The second kappa shape index (κ2) is 19.6. The molecule has 0 unspecified atom stereocenters. The SMILES string of the molecule is CCCCCCCCCC(=O)O[C@H]1[C@H](O)[C@@H](CO)O[C@@]1(CO)O[C@H]1O[C@H](CO)[C@@H](OC(=O)C(C)C)[C@H](OC(=O)C(C)C)[C@H]1OC(C)=O. The Morgan fingerprint density at radius 2 is 1.30 bits per heavy atom. The number of carbonyl (C=O) groups is 4. The summed E-state index contributed by atoms with van der Waals surface area (Å²) < 4.78 is 39.9. The first kappa shape index (κ1) is 40.8. The molecule has 0 radical (unpaired) electrons. The summed E-state index contributed by atoms with van der Waals surface area (Å²) in [7, 11) is 0. The quantitative estimate of drug-likeness (QED) is 0.0860. The molecule has 2 heterocycles. The van der Waals surface area contributed by atoms with E-state index in [9.17, 15) is 39.6 Å². The third kappa shape index (κ3) is 11.3. The summed E-state index contributed by atoms with van der Waals surface area (Å²) in [6, 6.07) is 0. The molecule has 47 heavy (non-hydrogen) atoms. The molecule has 2 fully saturated rings. The Hall–Kier alpha value is -2.40. The van der Waals surface area contributed by atoms with E-state index >= 15 is 0 Å². The average Bonchev–Trinajstić information content (AvgIpc) is 3.28. The van der Waals surface area contributed by atoms with Gasteiger partial charge in [0.2, 0.25) is 12.1 Å². The number of hydrogen-bond acceptors (Lipinski definition) is 15. The van der Waals surface area contributed by atoms with Gasteiger partial charge in [0.1, 0.15) is 24.9 Å². The van der Waals surface area contributed by atoms with E-state index in [0.717, 1.165) is 45.4 Å². The highest BCUT2D eigenvalue weighted by molar-refractivity contribution is 5.73. The Morgan fingerprint density at radius 3 is 1.81 bits per heavy atom. The standard InChI is InChI=1S/C32H54O15/c1-7-8-9-10-11-12-13-14-23(37)43-28-24(38)21(15-33)46-32(28,17-35)47-31-27(41-20(6)36)26(45-30(40)19(4)5)25(22(16-34)42-31)44-29(39)18(2)3/h18-19,21-22,24-28,31,33-35,38H,7-17H2,1-6H3/t21-,22-,24-,25-,26+,27-,28+,31-,32+/m1/s1. The van der Waals surface area contributed by atoms with E-state index in [1.807, 2.05) is 0 Å². The number of aliphatic hydroxyl groups excluding tert-OH is 4. The number of unbranched alkanes of at least 4 members (excludes halogenated alkanes) is 6. The van der Waals surface area contributed by atoms with Crippen molar-refractivity contribution >= 4 is 23.9 Å². The Labute approximate surface area is 276 Å². The number of carbonyl (C=O) groups excluding carboxylic acids is 4. The van der Waals surface area contributed by atoms with Crippen molar-refractivity contribution in [2.45, 2.75) is 148 Å². The first-order valence-electron chi connectivity index (χ1n) is 16.5. The molecule has 272 valence electrons. The molecule has 9 atom stereocenters. The van der Waals surface area contributed by atoms with E-state index < -0.39 is 110 Å². The van der Waals surface area contributed by atoms with Gasteiger partial charge in [0, 0.05) is 13.3 Å². The maximum Gasteiger partial charge on any atom is 0.308 e. The molecule has 0 aromatic rings. The lowest BCUT2D eigenvalue weighted by Crippen LogP contribution is -2.65. The molecule has 0 aromatic carbocycles. The van der Waals surface area contributed by atoms with E-state index in [1.54, 1.807) is 27.7 Å². The van der Waals surface area contributed by atoms with Crippen molar-refractivity contribution in [1.82, 2.24) is 0 Å². The molecule has 0 bridgehead atoms. The van der Waals surface area contributed by atoms with Gasteiger partial charge in [0.15, 0.2) is 24.4 Å². The predicted octanol–water partition coefficient (Wildman–Crippen LogP) is 1.28. The van der Waals surface area contributed by atoms with Crippen LogP contribution < -0.4 is 0 Å². The van der Waals surface area contributed by atoms with Crippen LogP contribution in [0.5, 0.6) is 0 Å². The van der Waals surface area contributed by atoms with Gasteiger partial charge in [0.05, 0.1) is 25.0 Å². The molecule has 15 heteroatoms. The minimum atomic E-state index is -2.38. The molecular formula is C32H54O15. The maximum atomic E-state index is 12.9. The summed E-state index contributed by atoms with van der Waals surface area (Å²) in [6.45, 7) is 6.80. The van der Waals surface area contributed by atoms with Gasteiger partial charge in [-0.05, 0) is 6.42 Å². The topological polar surface area (TPSA) is 214 Å². The highest BCUT2D eigenvalue weighted by Crippen LogP contribution is 2.39. The third-order valence-corrected chi connectivity index (χ3v) is 7.95. The third-order valence-electron chi connectivity index (χ3n) is 7.95. The molecule has 2 rings (SSSR count). The fourth-order valence-electron chi connectivity index (χ4n) is 5.29. The summed E-state index contributed by atoms with van der Waals surface area (Å²) in [6.07, 6.45) is -6.02. The second-order valence-electron chi connectivity index (χ2n) is 12.6. The molecule has 0 spiro atoms. The summed E-state index contributed by atoms with van der Waals surface area (Å²) in [5.41, 5.74) is 0. The average molecular weight is 679 g/mol. The van der Waals surface area contributed by atoms with E-state index in [1.165, 1.54) is 0 Å². The number of aliphatic hydroxyl groups is 4. The minimum Gasteiger partial charge on any atom is -0.455 e. The lowest BCUT2D eigenvalue weighted by molar-refractivity contribution is -0.384. The molecule has 2 saturated heterocycles. The van der Waals surface area contributed by atoms with Gasteiger partial charge in [0.25, 0.3) is 0 Å². The van der Waals surface area contributed by atoms with E-state index in [-0.39, 0.29) is 6.42 Å². The van der Waals surface area contributed by atoms with Crippen molar-refractivity contribution in [2.24, 2.45) is 11.8 Å². The summed E-state index contributed by atoms with van der Waals surface area (Å²) in [4.78, 5) is 50.6. The molecule has 2 aliphatic heterocycles. The smallest absolute Gasteiger partial charge is 0.308 e. The van der Waals surface area contributed by atoms with Gasteiger partial charge in [-0.15, -0.1) is 0 Å². The van der Waals surface area contributed by atoms with Gasteiger partial charge in [-0.25, -0.2) is 0 Å². The monoisotopic (exact) mass is 678 g/mol. The zero-order chi connectivity index (χ0) is 35.3. The zero-order valence-corrected chi connectivity index (χ0v) is 28.3. The first-order valence-corrected chi connectivity index (χ1v) is 16.5. The molecule has 0 aliphatic carbocycles. The number of ether oxygens (including phenoxy) is 7. The normalized spacial score (nSPS) is 30.7. The minimum absolute atomic E-state index is 0.00100. The first-order chi connectivity index (χ1) is 22.2.